The van der Waals surface area contributed by atoms with Crippen LogP contribution >= 0.6 is 0 Å². The number of carbonyl (C=O) groups is 3. The summed E-state index contributed by atoms with van der Waals surface area (Å²) in [4.78, 5) is 43.6. The average Bonchev–Trinajstić information content (AvgIpc) is 3.60. The number of esters is 1. The standard InChI is InChI=1S/C37H50N6O4/c1-4-5-6-7-8-9-10-11-12-16-25-47-35(46)24-23-34(45)38-32-21-19-31(20-22-32)36-39-37-33(28(2)40-43(37)41-36)27-42(29(3)44)26-30-17-14-13-15-18-30/h13-15,17-22,40H,4-12,16,23-27H2,1-3H3,(H,38,45). The van der Waals surface area contributed by atoms with Gasteiger partial charge in [-0.05, 0) is 43.2 Å². The number of unbranched alkanes of at least 4 members (excludes halogenated alkanes) is 9. The van der Waals surface area contributed by atoms with Gasteiger partial charge >= 0.3 is 5.97 Å². The number of aromatic amines is 1. The number of hydrogen-bond acceptors (Lipinski definition) is 6. The average molecular weight is 643 g/mol. The summed E-state index contributed by atoms with van der Waals surface area (Å²) in [5, 5.41) is 10.7. The molecule has 0 aliphatic heterocycles. The van der Waals surface area contributed by atoms with Crippen LogP contribution in [0.5, 0.6) is 0 Å². The Morgan fingerprint density at radius 2 is 1.51 bits per heavy atom. The van der Waals surface area contributed by atoms with Crippen molar-refractivity contribution in [2.75, 3.05) is 11.9 Å². The Hall–Kier alpha value is -4.47. The van der Waals surface area contributed by atoms with Crippen LogP contribution in [0.2, 0.25) is 0 Å². The van der Waals surface area contributed by atoms with E-state index in [0.29, 0.717) is 36.9 Å². The molecule has 0 spiro atoms. The van der Waals surface area contributed by atoms with Crippen LogP contribution in [0.4, 0.5) is 5.69 Å². The number of amides is 2. The summed E-state index contributed by atoms with van der Waals surface area (Å²) in [7, 11) is 0. The third-order valence-corrected chi connectivity index (χ3v) is 8.36. The smallest absolute Gasteiger partial charge is 0.306 e. The predicted octanol–water partition coefficient (Wildman–Crippen LogP) is 7.76. The van der Waals surface area contributed by atoms with E-state index in [1.807, 2.05) is 49.4 Å². The zero-order chi connectivity index (χ0) is 33.4. The molecule has 0 aliphatic carbocycles. The quantitative estimate of drug-likeness (QED) is 0.0751. The molecule has 2 aromatic heterocycles. The van der Waals surface area contributed by atoms with Crippen LogP contribution in [-0.4, -0.2) is 49.1 Å². The van der Waals surface area contributed by atoms with Crippen molar-refractivity contribution in [1.82, 2.24) is 24.7 Å². The molecule has 2 N–H and O–H groups in total. The van der Waals surface area contributed by atoms with Gasteiger partial charge in [0.15, 0.2) is 11.5 Å². The number of H-pyrrole nitrogens is 1. The zero-order valence-electron chi connectivity index (χ0n) is 28.2. The molecule has 10 heteroatoms. The van der Waals surface area contributed by atoms with Crippen LogP contribution in [0.3, 0.4) is 0 Å². The molecule has 2 amide bonds. The molecule has 4 aromatic rings. The fourth-order valence-electron chi connectivity index (χ4n) is 5.55. The highest BCUT2D eigenvalue weighted by molar-refractivity contribution is 5.92. The van der Waals surface area contributed by atoms with Gasteiger partial charge in [0.2, 0.25) is 11.8 Å². The minimum absolute atomic E-state index is 0.0220. The number of anilines is 1. The van der Waals surface area contributed by atoms with Crippen molar-refractivity contribution in [2.24, 2.45) is 0 Å². The lowest BCUT2D eigenvalue weighted by atomic mass is 10.1. The number of aromatic nitrogens is 4. The highest BCUT2D eigenvalue weighted by Crippen LogP contribution is 2.23. The first kappa shape index (κ1) is 35.4. The molecule has 0 aliphatic rings. The van der Waals surface area contributed by atoms with Crippen molar-refractivity contribution in [3.63, 3.8) is 0 Å². The van der Waals surface area contributed by atoms with E-state index in [0.717, 1.165) is 35.2 Å². The fraction of sp³-hybridized carbons (Fsp3) is 0.486. The predicted molar refractivity (Wildman–Crippen MR) is 185 cm³/mol. The van der Waals surface area contributed by atoms with E-state index in [1.165, 1.54) is 51.4 Å². The molecule has 10 nitrogen and oxygen atoms in total. The Labute approximate surface area is 278 Å². The van der Waals surface area contributed by atoms with E-state index in [-0.39, 0.29) is 30.6 Å². The minimum atomic E-state index is -0.339. The van der Waals surface area contributed by atoms with Gasteiger partial charge < -0.3 is 15.0 Å². The number of nitrogens with one attached hydrogen (secondary N) is 2. The van der Waals surface area contributed by atoms with E-state index in [9.17, 15) is 14.4 Å². The SMILES string of the molecule is CCCCCCCCCCCCOC(=O)CCC(=O)Nc1ccc(-c2nc3c(CN(Cc4ccccc4)C(C)=O)c(C)[nH]n3n2)cc1. The first-order valence-corrected chi connectivity index (χ1v) is 17.1. The van der Waals surface area contributed by atoms with Crippen molar-refractivity contribution >= 4 is 29.1 Å². The molecule has 4 rings (SSSR count). The molecular weight excluding hydrogens is 592 g/mol. The van der Waals surface area contributed by atoms with Crippen LogP contribution in [0.1, 0.15) is 108 Å². The van der Waals surface area contributed by atoms with Gasteiger partial charge in [-0.25, -0.2) is 4.98 Å². The van der Waals surface area contributed by atoms with Crippen molar-refractivity contribution in [3.8, 4) is 11.4 Å². The van der Waals surface area contributed by atoms with E-state index in [2.05, 4.69) is 22.4 Å². The molecule has 47 heavy (non-hydrogen) atoms. The number of nitrogens with zero attached hydrogens (tertiary/aromatic N) is 4. The lowest BCUT2D eigenvalue weighted by molar-refractivity contribution is -0.144. The molecule has 0 bridgehead atoms. The van der Waals surface area contributed by atoms with Crippen molar-refractivity contribution in [1.29, 1.82) is 0 Å². The first-order chi connectivity index (χ1) is 22.8. The molecular formula is C37H50N6O4. The molecule has 2 aromatic carbocycles. The molecule has 252 valence electrons. The molecule has 0 fully saturated rings. The summed E-state index contributed by atoms with van der Waals surface area (Å²) in [5.74, 6) is -0.0778. The summed E-state index contributed by atoms with van der Waals surface area (Å²) >= 11 is 0. The van der Waals surface area contributed by atoms with Crippen LogP contribution in [-0.2, 0) is 32.2 Å². The molecule has 2 heterocycles. The monoisotopic (exact) mass is 642 g/mol. The van der Waals surface area contributed by atoms with E-state index in [1.54, 1.807) is 28.6 Å². The molecule has 0 unspecified atom stereocenters. The second kappa shape index (κ2) is 18.6. The molecule has 0 atom stereocenters. The highest BCUT2D eigenvalue weighted by Gasteiger charge is 2.19. The number of benzene rings is 2. The highest BCUT2D eigenvalue weighted by atomic mass is 16.5. The van der Waals surface area contributed by atoms with Crippen LogP contribution < -0.4 is 5.32 Å². The van der Waals surface area contributed by atoms with Gasteiger partial charge in [0, 0.05) is 42.4 Å². The summed E-state index contributed by atoms with van der Waals surface area (Å²) in [6.45, 7) is 7.08. The first-order valence-electron chi connectivity index (χ1n) is 17.1. The van der Waals surface area contributed by atoms with E-state index in [4.69, 9.17) is 9.72 Å². The Balaban J connectivity index is 1.19. The number of fused-ring (bicyclic) bond motifs is 1. The Morgan fingerprint density at radius 3 is 2.17 bits per heavy atom. The number of rotatable bonds is 20. The number of hydrogen-bond donors (Lipinski definition) is 2. The maximum atomic E-state index is 12.5. The maximum absolute atomic E-state index is 12.5. The number of aryl methyl sites for hydroxylation is 1. The third kappa shape index (κ3) is 11.4. The molecule has 0 saturated carbocycles. The van der Waals surface area contributed by atoms with Gasteiger partial charge in [-0.1, -0.05) is 95.0 Å². The number of ether oxygens (including phenoxy) is 1. The van der Waals surface area contributed by atoms with Gasteiger partial charge in [0.1, 0.15) is 0 Å². The lowest BCUT2D eigenvalue weighted by Crippen LogP contribution is -2.27. The third-order valence-electron chi connectivity index (χ3n) is 8.36. The Morgan fingerprint density at radius 1 is 0.851 bits per heavy atom. The largest absolute Gasteiger partial charge is 0.466 e. The fourth-order valence-corrected chi connectivity index (χ4v) is 5.55. The molecule has 0 saturated heterocycles. The normalized spacial score (nSPS) is 11.1. The van der Waals surface area contributed by atoms with E-state index < -0.39 is 0 Å². The van der Waals surface area contributed by atoms with Gasteiger partial charge in [-0.3, -0.25) is 19.5 Å². The van der Waals surface area contributed by atoms with Crippen LogP contribution in [0, 0.1) is 6.92 Å². The topological polar surface area (TPSA) is 122 Å². The lowest BCUT2D eigenvalue weighted by Gasteiger charge is -2.21. The Kier molecular flexibility index (Phi) is 14.0. The second-order valence-corrected chi connectivity index (χ2v) is 12.3. The summed E-state index contributed by atoms with van der Waals surface area (Å²) in [6, 6.07) is 17.2. The van der Waals surface area contributed by atoms with Crippen LogP contribution in [0.25, 0.3) is 17.0 Å². The van der Waals surface area contributed by atoms with Crippen LogP contribution in [0.15, 0.2) is 54.6 Å². The number of carbonyl (C=O) groups excluding carboxylic acids is 3. The van der Waals surface area contributed by atoms with Crippen molar-refractivity contribution in [2.45, 2.75) is 111 Å². The van der Waals surface area contributed by atoms with Gasteiger partial charge in [-0.2, -0.15) is 4.63 Å². The van der Waals surface area contributed by atoms with Gasteiger partial charge in [0.05, 0.1) is 19.6 Å². The second-order valence-electron chi connectivity index (χ2n) is 12.3. The molecule has 0 radical (unpaired) electrons. The minimum Gasteiger partial charge on any atom is -0.466 e. The summed E-state index contributed by atoms with van der Waals surface area (Å²) in [5.41, 5.74) is 4.92. The maximum Gasteiger partial charge on any atom is 0.306 e. The van der Waals surface area contributed by atoms with Crippen molar-refractivity contribution in [3.05, 3.63) is 71.4 Å². The van der Waals surface area contributed by atoms with Crippen molar-refractivity contribution < 1.29 is 19.1 Å². The summed E-state index contributed by atoms with van der Waals surface area (Å²) < 4.78 is 6.95. The van der Waals surface area contributed by atoms with Gasteiger partial charge in [-0.15, -0.1) is 5.10 Å². The van der Waals surface area contributed by atoms with E-state index >= 15 is 0 Å². The summed E-state index contributed by atoms with van der Waals surface area (Å²) in [6.07, 6.45) is 12.4. The van der Waals surface area contributed by atoms with Gasteiger partial charge in [0.25, 0.3) is 0 Å². The Bertz CT molecular complexity index is 1560. The zero-order valence-corrected chi connectivity index (χ0v) is 28.2.